The lowest BCUT2D eigenvalue weighted by Crippen LogP contribution is -2.35. The number of benzene rings is 2. The zero-order valence-electron chi connectivity index (χ0n) is 19.4. The van der Waals surface area contributed by atoms with Gasteiger partial charge in [0, 0.05) is 16.6 Å². The van der Waals surface area contributed by atoms with Gasteiger partial charge >= 0.3 is 0 Å². The lowest BCUT2D eigenvalue weighted by Gasteiger charge is -2.20. The van der Waals surface area contributed by atoms with Crippen molar-refractivity contribution in [2.24, 2.45) is 4.99 Å². The van der Waals surface area contributed by atoms with Crippen molar-refractivity contribution in [1.29, 1.82) is 0 Å². The topological polar surface area (TPSA) is 51.1 Å². The molecule has 5 nitrogen and oxygen atoms in total. The molecule has 1 amide bonds. The summed E-state index contributed by atoms with van der Waals surface area (Å²) in [5.74, 6) is 0.972. The maximum atomic E-state index is 13.1. The molecule has 2 aromatic rings. The van der Waals surface area contributed by atoms with Crippen molar-refractivity contribution >= 4 is 56.4 Å². The molecule has 0 aromatic heterocycles. The van der Waals surface area contributed by atoms with E-state index in [0.717, 1.165) is 20.8 Å². The van der Waals surface area contributed by atoms with Crippen LogP contribution in [0.4, 0.5) is 0 Å². The highest BCUT2D eigenvalue weighted by Gasteiger charge is 2.35. The highest BCUT2D eigenvalue weighted by atomic mass is 79.9. The Morgan fingerprint density at radius 3 is 2.45 bits per heavy atom. The van der Waals surface area contributed by atoms with Crippen molar-refractivity contribution in [2.45, 2.75) is 53.3 Å². The van der Waals surface area contributed by atoms with Gasteiger partial charge in [0.25, 0.3) is 5.91 Å². The van der Waals surface area contributed by atoms with E-state index in [9.17, 15) is 4.79 Å². The number of hydrogen-bond acceptors (Lipinski definition) is 5. The van der Waals surface area contributed by atoms with Gasteiger partial charge in [-0.25, -0.2) is 0 Å². The van der Waals surface area contributed by atoms with Gasteiger partial charge in [-0.05, 0) is 87.8 Å². The van der Waals surface area contributed by atoms with Crippen molar-refractivity contribution < 1.29 is 14.3 Å². The SMILES string of the molecule is CCOc1cc(/C=C2/SC(=NC(C)C)N(C(C)C)C2=O)cc(Cl)c1OCc1ccc(Br)cc1. The number of aliphatic imine (C=N–C) groups is 1. The van der Waals surface area contributed by atoms with Gasteiger partial charge in [0.15, 0.2) is 16.7 Å². The number of carbonyl (C=O) groups is 1. The molecule has 8 heteroatoms. The summed E-state index contributed by atoms with van der Waals surface area (Å²) in [6.45, 7) is 10.7. The Labute approximate surface area is 213 Å². The Morgan fingerprint density at radius 1 is 1.15 bits per heavy atom. The Balaban J connectivity index is 1.90. The summed E-state index contributed by atoms with van der Waals surface area (Å²) in [6.07, 6.45) is 1.83. The zero-order chi connectivity index (χ0) is 24.1. The minimum Gasteiger partial charge on any atom is -0.490 e. The lowest BCUT2D eigenvalue weighted by molar-refractivity contribution is -0.123. The van der Waals surface area contributed by atoms with E-state index in [-0.39, 0.29) is 18.0 Å². The summed E-state index contributed by atoms with van der Waals surface area (Å²) in [5, 5.41) is 1.15. The highest BCUT2D eigenvalue weighted by Crippen LogP contribution is 2.40. The number of halogens is 2. The minimum atomic E-state index is -0.0564. The maximum absolute atomic E-state index is 13.1. The van der Waals surface area contributed by atoms with Crippen molar-refractivity contribution in [3.63, 3.8) is 0 Å². The Bertz CT molecular complexity index is 1070. The van der Waals surface area contributed by atoms with Gasteiger partial charge in [0.05, 0.1) is 16.5 Å². The third-order valence-electron chi connectivity index (χ3n) is 4.65. The van der Waals surface area contributed by atoms with Crippen LogP contribution >= 0.6 is 39.3 Å². The second-order valence-corrected chi connectivity index (χ2v) is 10.4. The first kappa shape index (κ1) is 25.7. The molecule has 1 aliphatic heterocycles. The molecule has 0 N–H and O–H groups in total. The zero-order valence-corrected chi connectivity index (χ0v) is 22.6. The Kier molecular flexibility index (Phi) is 8.90. The van der Waals surface area contributed by atoms with Crippen LogP contribution in [-0.2, 0) is 11.4 Å². The second-order valence-electron chi connectivity index (χ2n) is 8.06. The van der Waals surface area contributed by atoms with Crippen LogP contribution in [-0.4, -0.2) is 34.7 Å². The average molecular weight is 552 g/mol. The van der Waals surface area contributed by atoms with E-state index in [0.29, 0.717) is 34.6 Å². The summed E-state index contributed by atoms with van der Waals surface area (Å²) < 4.78 is 12.8. The summed E-state index contributed by atoms with van der Waals surface area (Å²) in [4.78, 5) is 20.0. The van der Waals surface area contributed by atoms with E-state index in [2.05, 4.69) is 20.9 Å². The fourth-order valence-corrected chi connectivity index (χ4v) is 4.99. The molecule has 0 aliphatic carbocycles. The molecule has 0 saturated carbocycles. The molecule has 1 aliphatic rings. The predicted octanol–water partition coefficient (Wildman–Crippen LogP) is 7.17. The van der Waals surface area contributed by atoms with Crippen molar-refractivity contribution in [1.82, 2.24) is 4.90 Å². The molecule has 1 saturated heterocycles. The van der Waals surface area contributed by atoms with Crippen LogP contribution in [0.1, 0.15) is 45.7 Å². The first-order valence-corrected chi connectivity index (χ1v) is 12.8. The first-order valence-electron chi connectivity index (χ1n) is 10.8. The fourth-order valence-electron chi connectivity index (χ4n) is 3.21. The lowest BCUT2D eigenvalue weighted by atomic mass is 10.1. The minimum absolute atomic E-state index is 0.0189. The molecule has 0 radical (unpaired) electrons. The fraction of sp³-hybridized carbons (Fsp3) is 0.360. The molecule has 176 valence electrons. The molecular weight excluding hydrogens is 524 g/mol. The smallest absolute Gasteiger partial charge is 0.266 e. The predicted molar refractivity (Wildman–Crippen MR) is 141 cm³/mol. The van der Waals surface area contributed by atoms with Crippen LogP contribution in [0.2, 0.25) is 5.02 Å². The van der Waals surface area contributed by atoms with E-state index in [4.69, 9.17) is 21.1 Å². The number of thioether (sulfide) groups is 1. The third-order valence-corrected chi connectivity index (χ3v) is 6.45. The number of rotatable bonds is 8. The van der Waals surface area contributed by atoms with E-state index in [1.165, 1.54) is 11.8 Å². The summed E-state index contributed by atoms with van der Waals surface area (Å²) in [7, 11) is 0. The van der Waals surface area contributed by atoms with Crippen molar-refractivity contribution in [3.8, 4) is 11.5 Å². The van der Waals surface area contributed by atoms with Gasteiger partial charge in [-0.3, -0.25) is 14.7 Å². The number of nitrogens with zero attached hydrogens (tertiary/aromatic N) is 2. The molecule has 0 atom stereocenters. The van der Waals surface area contributed by atoms with Crippen molar-refractivity contribution in [2.75, 3.05) is 6.61 Å². The number of amidine groups is 1. The molecule has 0 bridgehead atoms. The van der Waals surface area contributed by atoms with Crippen LogP contribution < -0.4 is 9.47 Å². The molecule has 1 heterocycles. The van der Waals surface area contributed by atoms with Crippen LogP contribution in [0.5, 0.6) is 11.5 Å². The number of hydrogen-bond donors (Lipinski definition) is 0. The second kappa shape index (κ2) is 11.4. The van der Waals surface area contributed by atoms with Crippen LogP contribution in [0.25, 0.3) is 6.08 Å². The van der Waals surface area contributed by atoms with Gasteiger partial charge in [-0.1, -0.05) is 39.7 Å². The van der Waals surface area contributed by atoms with Crippen LogP contribution in [0.15, 0.2) is 50.8 Å². The third kappa shape index (κ3) is 6.55. The summed E-state index contributed by atoms with van der Waals surface area (Å²) >= 11 is 11.4. The Morgan fingerprint density at radius 2 is 1.85 bits per heavy atom. The van der Waals surface area contributed by atoms with Gasteiger partial charge < -0.3 is 9.47 Å². The maximum Gasteiger partial charge on any atom is 0.266 e. The standard InChI is InChI=1S/C25H28BrClN2O3S/c1-6-31-21-12-18(11-20(27)23(21)32-14-17-7-9-19(26)10-8-17)13-22-24(30)29(16(4)5)25(33-22)28-15(2)3/h7-13,15-16H,6,14H2,1-5H3/b22-13+,28-25?. The molecule has 0 spiro atoms. The monoisotopic (exact) mass is 550 g/mol. The molecule has 33 heavy (non-hydrogen) atoms. The van der Waals surface area contributed by atoms with E-state index in [1.54, 1.807) is 11.0 Å². The first-order chi connectivity index (χ1) is 15.7. The van der Waals surface area contributed by atoms with E-state index < -0.39 is 0 Å². The average Bonchev–Trinajstić information content (AvgIpc) is 3.03. The number of carbonyl (C=O) groups excluding carboxylic acids is 1. The quantitative estimate of drug-likeness (QED) is 0.326. The molecule has 2 aromatic carbocycles. The number of amides is 1. The molecule has 0 unspecified atom stereocenters. The van der Waals surface area contributed by atoms with Gasteiger partial charge in [0.1, 0.15) is 6.61 Å². The van der Waals surface area contributed by atoms with Gasteiger partial charge in [0.2, 0.25) is 0 Å². The van der Waals surface area contributed by atoms with E-state index in [1.807, 2.05) is 71.0 Å². The highest BCUT2D eigenvalue weighted by molar-refractivity contribution is 9.10. The number of ether oxygens (including phenoxy) is 2. The Hall–Kier alpha value is -1.96. The molecule has 1 fully saturated rings. The summed E-state index contributed by atoms with van der Waals surface area (Å²) in [6, 6.07) is 11.7. The molecular formula is C25H28BrClN2O3S. The van der Waals surface area contributed by atoms with Gasteiger partial charge in [-0.15, -0.1) is 0 Å². The van der Waals surface area contributed by atoms with Crippen LogP contribution in [0.3, 0.4) is 0 Å². The van der Waals surface area contributed by atoms with Crippen molar-refractivity contribution in [3.05, 3.63) is 61.9 Å². The van der Waals surface area contributed by atoms with Crippen LogP contribution in [0, 0.1) is 0 Å². The van der Waals surface area contributed by atoms with E-state index >= 15 is 0 Å². The normalized spacial score (nSPS) is 16.5. The van der Waals surface area contributed by atoms with Gasteiger partial charge in [-0.2, -0.15) is 0 Å². The largest absolute Gasteiger partial charge is 0.490 e. The molecule has 3 rings (SSSR count). The summed E-state index contributed by atoms with van der Waals surface area (Å²) in [5.41, 5.74) is 1.78.